The summed E-state index contributed by atoms with van der Waals surface area (Å²) in [5.41, 5.74) is 0. The van der Waals surface area contributed by atoms with Crippen LogP contribution in [-0.2, 0) is 0 Å². The van der Waals surface area contributed by atoms with E-state index in [2.05, 4.69) is 34.6 Å². The molecular formula is C21H56. The quantitative estimate of drug-likeness (QED) is 0.484. The maximum Gasteiger partial charge on any atom is -0.0420 e. The van der Waals surface area contributed by atoms with Gasteiger partial charge in [0.25, 0.3) is 0 Å². The highest BCUT2D eigenvalue weighted by atomic mass is 14.0. The summed E-state index contributed by atoms with van der Waals surface area (Å²) < 4.78 is 0. The molecule has 0 aromatic rings. The summed E-state index contributed by atoms with van der Waals surface area (Å²) in [5.74, 6) is 1.000. The zero-order valence-corrected chi connectivity index (χ0v) is 19.1. The molecule has 0 unspecified atom stereocenters. The van der Waals surface area contributed by atoms with Gasteiger partial charge in [-0.1, -0.05) is 136 Å². The molecule has 0 aromatic heterocycles. The van der Waals surface area contributed by atoms with Crippen LogP contribution in [0.3, 0.4) is 0 Å². The van der Waals surface area contributed by atoms with E-state index in [1.54, 1.807) is 0 Å². The van der Waals surface area contributed by atoms with Crippen molar-refractivity contribution in [3.63, 3.8) is 0 Å². The van der Waals surface area contributed by atoms with Crippen LogP contribution in [0.2, 0.25) is 0 Å². The second kappa shape index (κ2) is 113. The first-order chi connectivity index (χ1) is 10.3. The minimum absolute atomic E-state index is 1.000. The lowest BCUT2D eigenvalue weighted by atomic mass is 9.98. The van der Waals surface area contributed by atoms with Crippen LogP contribution in [0.25, 0.3) is 0 Å². The highest BCUT2D eigenvalue weighted by molar-refractivity contribution is 4.51. The van der Waals surface area contributed by atoms with E-state index in [0.717, 1.165) is 5.92 Å². The van der Waals surface area contributed by atoms with Crippen molar-refractivity contribution in [2.75, 3.05) is 0 Å². The molecule has 0 aliphatic heterocycles. The minimum atomic E-state index is 1.000. The van der Waals surface area contributed by atoms with Gasteiger partial charge in [0.1, 0.15) is 0 Å². The number of hydrogen-bond acceptors (Lipinski definition) is 0. The van der Waals surface area contributed by atoms with Crippen molar-refractivity contribution < 1.29 is 0 Å². The van der Waals surface area contributed by atoms with E-state index < -0.39 is 0 Å². The zero-order valence-electron chi connectivity index (χ0n) is 19.1. The Morgan fingerprint density at radius 3 is 0.714 bits per heavy atom. The fourth-order valence-corrected chi connectivity index (χ4v) is 1.11. The topological polar surface area (TPSA) is 0 Å². The van der Waals surface area contributed by atoms with Gasteiger partial charge in [-0.25, -0.2) is 0 Å². The van der Waals surface area contributed by atoms with Gasteiger partial charge in [-0.2, -0.15) is 0 Å². The molecule has 0 atom stereocenters. The monoisotopic (exact) mass is 308 g/mol. The van der Waals surface area contributed by atoms with Crippen LogP contribution in [-0.4, -0.2) is 0 Å². The molecule has 0 radical (unpaired) electrons. The van der Waals surface area contributed by atoms with Crippen LogP contribution in [0.15, 0.2) is 0 Å². The second-order valence-corrected chi connectivity index (χ2v) is 3.18. The largest absolute Gasteiger partial charge is 0.0683 e. The van der Waals surface area contributed by atoms with E-state index in [0.29, 0.717) is 0 Å². The summed E-state index contributed by atoms with van der Waals surface area (Å²) in [5, 5.41) is 0. The Balaban J connectivity index is -0.0000000256. The third-order valence-electron chi connectivity index (χ3n) is 1.85. The van der Waals surface area contributed by atoms with Gasteiger partial charge in [-0.05, 0) is 5.92 Å². The Hall–Kier alpha value is 0. The second-order valence-electron chi connectivity index (χ2n) is 3.18. The van der Waals surface area contributed by atoms with Crippen LogP contribution in [0.4, 0.5) is 0 Å². The highest BCUT2D eigenvalue weighted by Gasteiger charge is 1.98. The first-order valence-electron chi connectivity index (χ1n) is 10.3. The molecular weight excluding hydrogens is 252 g/mol. The lowest BCUT2D eigenvalue weighted by Crippen LogP contribution is -1.94. The maximum atomic E-state index is 2.28. The molecule has 0 heteroatoms. The Morgan fingerprint density at radius 2 is 0.667 bits per heavy atom. The molecule has 0 heterocycles. The average molecular weight is 309 g/mol. The Morgan fingerprint density at radius 1 is 0.476 bits per heavy atom. The fourth-order valence-electron chi connectivity index (χ4n) is 1.11. The predicted octanol–water partition coefficient (Wildman–Crippen LogP) is 9.77. The predicted molar refractivity (Wildman–Crippen MR) is 112 cm³/mol. The van der Waals surface area contributed by atoms with Crippen LogP contribution in [0.1, 0.15) is 136 Å². The summed E-state index contributed by atoms with van der Waals surface area (Å²) in [4.78, 5) is 0. The smallest absolute Gasteiger partial charge is 0.0420 e. The minimum Gasteiger partial charge on any atom is -0.0683 e. The highest BCUT2D eigenvalue weighted by Crippen LogP contribution is 2.13. The molecule has 0 saturated heterocycles. The van der Waals surface area contributed by atoms with Crippen molar-refractivity contribution in [3.05, 3.63) is 0 Å². The molecule has 140 valence electrons. The maximum absolute atomic E-state index is 2.28. The average Bonchev–Trinajstić information content (AvgIpc) is 2.62. The van der Waals surface area contributed by atoms with E-state index in [1.807, 2.05) is 69.2 Å². The SMILES string of the molecule is CC.CC.CC.CC.CC.CCC.CCCC(CC)CC. The number of hydrogen-bond donors (Lipinski definition) is 0. The van der Waals surface area contributed by atoms with Crippen molar-refractivity contribution in [1.29, 1.82) is 0 Å². The molecule has 0 aliphatic carbocycles. The van der Waals surface area contributed by atoms with Gasteiger partial charge in [-0.3, -0.25) is 0 Å². The van der Waals surface area contributed by atoms with Crippen molar-refractivity contribution >= 4 is 0 Å². The van der Waals surface area contributed by atoms with Gasteiger partial charge in [0.15, 0.2) is 0 Å². The van der Waals surface area contributed by atoms with E-state index in [-0.39, 0.29) is 0 Å². The van der Waals surface area contributed by atoms with Gasteiger partial charge in [0.05, 0.1) is 0 Å². The number of rotatable bonds is 4. The zero-order chi connectivity index (χ0) is 19.1. The van der Waals surface area contributed by atoms with Crippen LogP contribution < -0.4 is 0 Å². The van der Waals surface area contributed by atoms with Crippen molar-refractivity contribution in [2.45, 2.75) is 136 Å². The summed E-state index contributed by atoms with van der Waals surface area (Å²) >= 11 is 0. The van der Waals surface area contributed by atoms with Crippen LogP contribution in [0.5, 0.6) is 0 Å². The standard InChI is InChI=1S/C8H18.C3H8.5C2H6/c1-4-7-8(5-2)6-3;1-3-2;5*1-2/h8H,4-7H2,1-3H3;3H2,1-2H3;5*1-2H3. The van der Waals surface area contributed by atoms with Crippen molar-refractivity contribution in [2.24, 2.45) is 5.92 Å². The molecule has 0 amide bonds. The molecule has 0 N–H and O–H groups in total. The lowest BCUT2D eigenvalue weighted by Gasteiger charge is -2.08. The first kappa shape index (κ1) is 42.9. The fraction of sp³-hybridized carbons (Fsp3) is 1.00. The van der Waals surface area contributed by atoms with E-state index in [9.17, 15) is 0 Å². The lowest BCUT2D eigenvalue weighted by molar-refractivity contribution is 0.451. The third-order valence-corrected chi connectivity index (χ3v) is 1.85. The van der Waals surface area contributed by atoms with Gasteiger partial charge < -0.3 is 0 Å². The Bertz CT molecular complexity index is 44.0. The molecule has 0 fully saturated rings. The summed E-state index contributed by atoms with van der Waals surface area (Å²) in [6.07, 6.45) is 6.76. The van der Waals surface area contributed by atoms with Gasteiger partial charge in [0, 0.05) is 0 Å². The van der Waals surface area contributed by atoms with Crippen molar-refractivity contribution in [3.8, 4) is 0 Å². The van der Waals surface area contributed by atoms with E-state index in [1.165, 1.54) is 32.1 Å². The molecule has 0 bridgehead atoms. The van der Waals surface area contributed by atoms with Gasteiger partial charge in [0.2, 0.25) is 0 Å². The molecule has 0 nitrogen and oxygen atoms in total. The summed E-state index contributed by atoms with van der Waals surface area (Å²) in [6.45, 7) is 31.1. The Kier molecular flexibility index (Phi) is 230. The van der Waals surface area contributed by atoms with Crippen molar-refractivity contribution in [1.82, 2.24) is 0 Å². The molecule has 0 rings (SSSR count). The molecule has 0 spiro atoms. The Labute approximate surface area is 142 Å². The van der Waals surface area contributed by atoms with E-state index in [4.69, 9.17) is 0 Å². The van der Waals surface area contributed by atoms with Crippen LogP contribution >= 0.6 is 0 Å². The van der Waals surface area contributed by atoms with E-state index >= 15 is 0 Å². The summed E-state index contributed by atoms with van der Waals surface area (Å²) in [6, 6.07) is 0. The summed E-state index contributed by atoms with van der Waals surface area (Å²) in [7, 11) is 0. The van der Waals surface area contributed by atoms with Gasteiger partial charge >= 0.3 is 0 Å². The molecule has 0 aliphatic rings. The van der Waals surface area contributed by atoms with Crippen LogP contribution in [0, 0.1) is 5.92 Å². The third kappa shape index (κ3) is 132. The molecule has 0 aromatic carbocycles. The normalized spacial score (nSPS) is 6.29. The first-order valence-corrected chi connectivity index (χ1v) is 10.3. The molecule has 0 saturated carbocycles. The molecule has 21 heavy (non-hydrogen) atoms. The van der Waals surface area contributed by atoms with Gasteiger partial charge in [-0.15, -0.1) is 0 Å².